The van der Waals surface area contributed by atoms with Crippen LogP contribution in [0.15, 0.2) is 59.5 Å². The third-order valence-electron chi connectivity index (χ3n) is 3.01. The number of amides is 1. The van der Waals surface area contributed by atoms with E-state index in [-0.39, 0.29) is 16.8 Å². The summed E-state index contributed by atoms with van der Waals surface area (Å²) in [6, 6.07) is 15.8. The second-order valence-electron chi connectivity index (χ2n) is 4.49. The van der Waals surface area contributed by atoms with Gasteiger partial charge in [-0.3, -0.25) is 15.1 Å². The third-order valence-corrected chi connectivity index (χ3v) is 3.89. The van der Waals surface area contributed by atoms with E-state index in [1.165, 1.54) is 4.90 Å². The highest BCUT2D eigenvalue weighted by Crippen LogP contribution is 2.35. The van der Waals surface area contributed by atoms with Crippen LogP contribution in [0.2, 0.25) is 0 Å². The predicted octanol–water partition coefficient (Wildman–Crippen LogP) is 3.45. The molecule has 0 bridgehead atoms. The lowest BCUT2D eigenvalue weighted by Gasteiger charge is -2.13. The monoisotopic (exact) mass is 296 g/mol. The van der Waals surface area contributed by atoms with Crippen molar-refractivity contribution in [2.24, 2.45) is 0 Å². The second kappa shape index (κ2) is 5.46. The fraction of sp³-hybridized carbons (Fsp3) is 0. The molecular weight excluding hydrogens is 284 g/mol. The third kappa shape index (κ3) is 2.68. The van der Waals surface area contributed by atoms with Crippen molar-refractivity contribution in [3.63, 3.8) is 0 Å². The highest BCUT2D eigenvalue weighted by molar-refractivity contribution is 8.19. The van der Waals surface area contributed by atoms with Gasteiger partial charge in [0.25, 0.3) is 5.91 Å². The number of carbonyl (C=O) groups is 1. The Morgan fingerprint density at radius 1 is 1.10 bits per heavy atom. The van der Waals surface area contributed by atoms with Crippen LogP contribution in [0.3, 0.4) is 0 Å². The average molecular weight is 296 g/mol. The van der Waals surface area contributed by atoms with Gasteiger partial charge in [0.2, 0.25) is 0 Å². The largest absolute Gasteiger partial charge is 0.508 e. The molecule has 1 aliphatic heterocycles. The van der Waals surface area contributed by atoms with Crippen LogP contribution in [-0.2, 0) is 4.79 Å². The number of carbonyl (C=O) groups excluding carboxylic acids is 1. The average Bonchev–Trinajstić information content (AvgIpc) is 2.74. The van der Waals surface area contributed by atoms with E-state index >= 15 is 0 Å². The molecule has 2 aromatic carbocycles. The van der Waals surface area contributed by atoms with Crippen LogP contribution in [0, 0.1) is 5.41 Å². The fourth-order valence-corrected chi connectivity index (χ4v) is 2.93. The fourth-order valence-electron chi connectivity index (χ4n) is 2.06. The molecule has 0 radical (unpaired) electrons. The molecule has 0 atom stereocenters. The predicted molar refractivity (Wildman–Crippen MR) is 85.3 cm³/mol. The number of anilines is 1. The van der Waals surface area contributed by atoms with Crippen LogP contribution in [0.1, 0.15) is 5.56 Å². The van der Waals surface area contributed by atoms with Gasteiger partial charge in [0, 0.05) is 0 Å². The Kier molecular flexibility index (Phi) is 3.50. The van der Waals surface area contributed by atoms with Gasteiger partial charge in [0.15, 0.2) is 5.17 Å². The molecular formula is C16H12N2O2S. The number of amidine groups is 1. The van der Waals surface area contributed by atoms with Gasteiger partial charge in [-0.1, -0.05) is 30.3 Å². The Balaban J connectivity index is 1.94. The Morgan fingerprint density at radius 3 is 2.57 bits per heavy atom. The summed E-state index contributed by atoms with van der Waals surface area (Å²) >= 11 is 1.12. The number of phenols is 1. The van der Waals surface area contributed by atoms with Gasteiger partial charge in [-0.2, -0.15) is 0 Å². The zero-order chi connectivity index (χ0) is 14.8. The molecule has 0 aromatic heterocycles. The zero-order valence-electron chi connectivity index (χ0n) is 11.0. The molecule has 0 aliphatic carbocycles. The summed E-state index contributed by atoms with van der Waals surface area (Å²) in [5.41, 5.74) is 1.41. The first-order valence-electron chi connectivity index (χ1n) is 6.32. The smallest absolute Gasteiger partial charge is 0.271 e. The minimum absolute atomic E-state index is 0.148. The Bertz CT molecular complexity index is 741. The van der Waals surface area contributed by atoms with Gasteiger partial charge < -0.3 is 5.11 Å². The van der Waals surface area contributed by atoms with Crippen LogP contribution >= 0.6 is 11.8 Å². The number of thioether (sulfide) groups is 1. The number of rotatable bonds is 2. The molecule has 4 nitrogen and oxygen atoms in total. The van der Waals surface area contributed by atoms with Crippen LogP contribution in [0.5, 0.6) is 5.75 Å². The number of aromatic hydroxyl groups is 1. The molecule has 0 saturated carbocycles. The van der Waals surface area contributed by atoms with Crippen molar-refractivity contribution in [1.82, 2.24) is 0 Å². The lowest BCUT2D eigenvalue weighted by molar-refractivity contribution is -0.113. The van der Waals surface area contributed by atoms with Gasteiger partial charge in [0.1, 0.15) is 5.75 Å². The van der Waals surface area contributed by atoms with Gasteiger partial charge in [-0.25, -0.2) is 0 Å². The van der Waals surface area contributed by atoms with Crippen molar-refractivity contribution < 1.29 is 9.90 Å². The maximum absolute atomic E-state index is 12.4. The van der Waals surface area contributed by atoms with Crippen molar-refractivity contribution in [3.05, 3.63) is 65.1 Å². The van der Waals surface area contributed by atoms with Crippen molar-refractivity contribution >= 4 is 34.6 Å². The molecule has 1 saturated heterocycles. The van der Waals surface area contributed by atoms with Crippen molar-refractivity contribution in [2.45, 2.75) is 0 Å². The first-order valence-corrected chi connectivity index (χ1v) is 7.13. The van der Waals surface area contributed by atoms with E-state index < -0.39 is 0 Å². The maximum Gasteiger partial charge on any atom is 0.271 e. The maximum atomic E-state index is 12.4. The van der Waals surface area contributed by atoms with Crippen LogP contribution < -0.4 is 4.90 Å². The lowest BCUT2D eigenvalue weighted by atomic mass is 10.2. The summed E-state index contributed by atoms with van der Waals surface area (Å²) in [5.74, 6) is -0.0747. The highest BCUT2D eigenvalue weighted by atomic mass is 32.2. The minimum Gasteiger partial charge on any atom is -0.508 e. The second-order valence-corrected chi connectivity index (χ2v) is 5.52. The summed E-state index contributed by atoms with van der Waals surface area (Å²) in [6.45, 7) is 0. The Labute approximate surface area is 126 Å². The number of nitrogens with zero attached hydrogens (tertiary/aromatic N) is 1. The molecule has 1 heterocycles. The minimum atomic E-state index is -0.223. The van der Waals surface area contributed by atoms with Gasteiger partial charge in [-0.05, 0) is 47.7 Å². The van der Waals surface area contributed by atoms with Crippen LogP contribution in [0.25, 0.3) is 6.08 Å². The summed E-state index contributed by atoms with van der Waals surface area (Å²) in [4.78, 5) is 14.3. The van der Waals surface area contributed by atoms with Gasteiger partial charge in [-0.15, -0.1) is 0 Å². The quantitative estimate of drug-likeness (QED) is 0.834. The van der Waals surface area contributed by atoms with E-state index in [2.05, 4.69) is 0 Å². The normalized spacial score (nSPS) is 16.8. The zero-order valence-corrected chi connectivity index (χ0v) is 11.8. The molecule has 5 heteroatoms. The van der Waals surface area contributed by atoms with Crippen molar-refractivity contribution in [3.8, 4) is 5.75 Å². The number of nitrogens with one attached hydrogen (secondary N) is 1. The van der Waals surface area contributed by atoms with E-state index in [0.29, 0.717) is 10.6 Å². The molecule has 0 unspecified atom stereocenters. The number of benzene rings is 2. The van der Waals surface area contributed by atoms with Gasteiger partial charge >= 0.3 is 0 Å². The summed E-state index contributed by atoms with van der Waals surface area (Å²) in [5, 5.41) is 17.6. The summed E-state index contributed by atoms with van der Waals surface area (Å²) < 4.78 is 0. The van der Waals surface area contributed by atoms with E-state index in [4.69, 9.17) is 5.41 Å². The van der Waals surface area contributed by atoms with Crippen LogP contribution in [0.4, 0.5) is 5.69 Å². The first-order chi connectivity index (χ1) is 10.1. The molecule has 21 heavy (non-hydrogen) atoms. The topological polar surface area (TPSA) is 64.4 Å². The van der Waals surface area contributed by atoms with Crippen LogP contribution in [-0.4, -0.2) is 16.2 Å². The lowest BCUT2D eigenvalue weighted by Crippen LogP contribution is -2.27. The number of hydrogen-bond acceptors (Lipinski definition) is 4. The SMILES string of the molecule is N=C1S/C(=C\c2cccc(O)c2)C(=O)N1c1ccccc1. The van der Waals surface area contributed by atoms with E-state index in [1.807, 2.05) is 18.2 Å². The van der Waals surface area contributed by atoms with E-state index in [1.54, 1.807) is 42.5 Å². The molecule has 1 fully saturated rings. The molecule has 2 aromatic rings. The number of hydrogen-bond donors (Lipinski definition) is 2. The first kappa shape index (κ1) is 13.5. The molecule has 0 spiro atoms. The Hall–Kier alpha value is -2.53. The van der Waals surface area contributed by atoms with Crippen molar-refractivity contribution in [2.75, 3.05) is 4.90 Å². The summed E-state index contributed by atoms with van der Waals surface area (Å²) in [7, 11) is 0. The van der Waals surface area contributed by atoms with E-state index in [9.17, 15) is 9.90 Å². The number of para-hydroxylation sites is 1. The van der Waals surface area contributed by atoms with Gasteiger partial charge in [0.05, 0.1) is 10.6 Å². The van der Waals surface area contributed by atoms with E-state index in [0.717, 1.165) is 17.3 Å². The molecule has 3 rings (SSSR count). The molecule has 1 aliphatic rings. The molecule has 104 valence electrons. The number of phenolic OH excluding ortho intramolecular Hbond substituents is 1. The summed E-state index contributed by atoms with van der Waals surface area (Å²) in [6.07, 6.45) is 1.68. The molecule has 1 amide bonds. The molecule has 2 N–H and O–H groups in total. The highest BCUT2D eigenvalue weighted by Gasteiger charge is 2.33. The Morgan fingerprint density at radius 2 is 1.86 bits per heavy atom. The van der Waals surface area contributed by atoms with Crippen molar-refractivity contribution in [1.29, 1.82) is 5.41 Å². The standard InChI is InChI=1S/C16H12N2O2S/c17-16-18(12-6-2-1-3-7-12)15(20)14(21-16)10-11-5-4-8-13(19)9-11/h1-10,17,19H/b14-10-,17-16?.